The fourth-order valence-corrected chi connectivity index (χ4v) is 4.36. The first-order valence-corrected chi connectivity index (χ1v) is 7.86. The summed E-state index contributed by atoms with van der Waals surface area (Å²) in [4.78, 5) is 0.339. The van der Waals surface area contributed by atoms with E-state index in [4.69, 9.17) is 0 Å². The molecule has 2 aromatic carbocycles. The van der Waals surface area contributed by atoms with Crippen LogP contribution in [0.1, 0.15) is 0 Å². The zero-order valence-electron chi connectivity index (χ0n) is 10.1. The van der Waals surface area contributed by atoms with Gasteiger partial charge in [-0.05, 0) is 36.4 Å². The highest BCUT2D eigenvalue weighted by Gasteiger charge is 2.48. The van der Waals surface area contributed by atoms with Gasteiger partial charge in [-0.1, -0.05) is 28.1 Å². The van der Waals surface area contributed by atoms with E-state index in [0.717, 1.165) is 4.47 Å². The molecule has 0 N–H and O–H groups in total. The van der Waals surface area contributed by atoms with Gasteiger partial charge >= 0.3 is 5.51 Å². The standard InChI is InChI=1S/C15H9BrF3S/c16-12-7-5-10(6-8-12)14-9-11-3-1-2-4-13(11)20(14)15(17,18)19/h1-9H/q+1. The van der Waals surface area contributed by atoms with E-state index in [0.29, 0.717) is 20.5 Å². The van der Waals surface area contributed by atoms with Gasteiger partial charge in [-0.2, -0.15) is 0 Å². The van der Waals surface area contributed by atoms with Crippen molar-refractivity contribution in [3.63, 3.8) is 0 Å². The van der Waals surface area contributed by atoms with Crippen LogP contribution >= 0.6 is 26.4 Å². The first-order valence-electron chi connectivity index (χ1n) is 5.84. The molecule has 1 unspecified atom stereocenters. The molecule has 1 atom stereocenters. The fourth-order valence-electron chi connectivity index (χ4n) is 2.17. The van der Waals surface area contributed by atoms with Crippen LogP contribution in [-0.2, 0) is 5.51 Å². The van der Waals surface area contributed by atoms with Gasteiger partial charge < -0.3 is 0 Å². The SMILES string of the molecule is FC(F)(F)[s+]1c(-c2ccc(Br)cc2)cc2ccccc21. The van der Waals surface area contributed by atoms with Crippen LogP contribution in [0.5, 0.6) is 0 Å². The summed E-state index contributed by atoms with van der Waals surface area (Å²) in [5.41, 5.74) is -3.64. The van der Waals surface area contributed by atoms with Crippen molar-refractivity contribution in [2.45, 2.75) is 5.51 Å². The zero-order valence-corrected chi connectivity index (χ0v) is 12.5. The summed E-state index contributed by atoms with van der Waals surface area (Å²) in [5.74, 6) is 0. The van der Waals surface area contributed by atoms with Crippen LogP contribution in [0.25, 0.3) is 20.5 Å². The van der Waals surface area contributed by atoms with Crippen LogP contribution in [0.15, 0.2) is 59.1 Å². The van der Waals surface area contributed by atoms with Crippen molar-refractivity contribution >= 4 is 36.5 Å². The molecule has 102 valence electrons. The van der Waals surface area contributed by atoms with Crippen LogP contribution in [0.4, 0.5) is 13.2 Å². The quantitative estimate of drug-likeness (QED) is 0.436. The second-order valence-corrected chi connectivity index (χ2v) is 7.18. The molecule has 1 heterocycles. The Balaban J connectivity index is 2.32. The van der Waals surface area contributed by atoms with E-state index in [1.165, 1.54) is 0 Å². The maximum Gasteiger partial charge on any atom is 0.601 e. The number of thiophene rings is 1. The molecule has 0 aliphatic rings. The van der Waals surface area contributed by atoms with Crippen LogP contribution in [-0.4, -0.2) is 0 Å². The molecule has 0 saturated carbocycles. The molecular weight excluding hydrogens is 349 g/mol. The summed E-state index contributed by atoms with van der Waals surface area (Å²) in [6.07, 6.45) is 0. The second kappa shape index (κ2) is 4.90. The second-order valence-electron chi connectivity index (χ2n) is 4.31. The Bertz CT molecular complexity index is 757. The minimum absolute atomic E-state index is 0.339. The van der Waals surface area contributed by atoms with E-state index in [2.05, 4.69) is 15.9 Å². The van der Waals surface area contributed by atoms with Gasteiger partial charge in [0.1, 0.15) is 10.5 Å². The van der Waals surface area contributed by atoms with Crippen LogP contribution in [0, 0.1) is 0 Å². The first-order chi connectivity index (χ1) is 9.47. The first kappa shape index (κ1) is 13.6. The Labute approximate surface area is 125 Å². The molecule has 3 rings (SSSR count). The maximum absolute atomic E-state index is 13.4. The highest BCUT2D eigenvalue weighted by Crippen LogP contribution is 2.54. The third-order valence-corrected chi connectivity index (χ3v) is 5.60. The van der Waals surface area contributed by atoms with Gasteiger partial charge in [0.25, 0.3) is 0 Å². The predicted octanol–water partition coefficient (Wildman–Crippen LogP) is 6.49. The average molecular weight is 358 g/mol. The van der Waals surface area contributed by atoms with Crippen molar-refractivity contribution < 1.29 is 13.2 Å². The minimum Gasteiger partial charge on any atom is -0.118 e. The molecule has 3 aromatic rings. The highest BCUT2D eigenvalue weighted by atomic mass is 79.9. The van der Waals surface area contributed by atoms with Crippen LogP contribution in [0.3, 0.4) is 0 Å². The lowest BCUT2D eigenvalue weighted by molar-refractivity contribution is -0.0864. The summed E-state index contributed by atoms with van der Waals surface area (Å²) in [6.45, 7) is 0. The summed E-state index contributed by atoms with van der Waals surface area (Å²) in [7, 11) is -1.87. The van der Waals surface area contributed by atoms with Crippen molar-refractivity contribution in [2.24, 2.45) is 0 Å². The molecule has 1 aromatic heterocycles. The summed E-state index contributed by atoms with van der Waals surface area (Å²) in [5, 5.41) is 0.658. The van der Waals surface area contributed by atoms with Crippen molar-refractivity contribution in [3.8, 4) is 10.4 Å². The molecule has 0 spiro atoms. The normalized spacial score (nSPS) is 12.9. The van der Waals surface area contributed by atoms with Gasteiger partial charge in [-0.25, -0.2) is 0 Å². The lowest BCUT2D eigenvalue weighted by atomic mass is 10.1. The molecule has 0 saturated heterocycles. The van der Waals surface area contributed by atoms with Gasteiger partial charge in [0.05, 0.1) is 0 Å². The lowest BCUT2D eigenvalue weighted by Gasteiger charge is -2.00. The zero-order chi connectivity index (χ0) is 14.3. The Hall–Kier alpha value is -1.33. The molecule has 0 nitrogen and oxygen atoms in total. The number of alkyl halides is 3. The third kappa shape index (κ3) is 2.36. The van der Waals surface area contributed by atoms with E-state index in [9.17, 15) is 13.2 Å². The Kier molecular flexibility index (Phi) is 3.34. The molecule has 0 fully saturated rings. The number of benzene rings is 2. The topological polar surface area (TPSA) is 0 Å². The predicted molar refractivity (Wildman–Crippen MR) is 80.9 cm³/mol. The fraction of sp³-hybridized carbons (Fsp3) is 0.0667. The Morgan fingerprint density at radius 3 is 2.20 bits per heavy atom. The summed E-state index contributed by atoms with van der Waals surface area (Å²) < 4.78 is 41.5. The molecule has 0 radical (unpaired) electrons. The number of fused-ring (bicyclic) bond motifs is 1. The average Bonchev–Trinajstić information content (AvgIpc) is 2.78. The van der Waals surface area contributed by atoms with Gasteiger partial charge in [-0.3, -0.25) is 0 Å². The van der Waals surface area contributed by atoms with Crippen molar-refractivity contribution in [1.29, 1.82) is 0 Å². The molecule has 0 bridgehead atoms. The van der Waals surface area contributed by atoms with Gasteiger partial charge in [0, 0.05) is 21.5 Å². The van der Waals surface area contributed by atoms with Crippen LogP contribution in [0.2, 0.25) is 0 Å². The number of hydrogen-bond donors (Lipinski definition) is 0. The van der Waals surface area contributed by atoms with Crippen LogP contribution < -0.4 is 0 Å². The van der Waals surface area contributed by atoms with Gasteiger partial charge in [0.15, 0.2) is 9.58 Å². The number of halogens is 4. The third-order valence-electron chi connectivity index (χ3n) is 3.01. The molecule has 5 heteroatoms. The molecule has 0 aliphatic heterocycles. The maximum atomic E-state index is 13.4. The largest absolute Gasteiger partial charge is 0.601 e. The van der Waals surface area contributed by atoms with Crippen molar-refractivity contribution in [2.75, 3.05) is 0 Å². The minimum atomic E-state index is -4.26. The number of hydrogen-bond acceptors (Lipinski definition) is 0. The van der Waals surface area contributed by atoms with E-state index in [1.807, 2.05) is 0 Å². The summed E-state index contributed by atoms with van der Waals surface area (Å²) >= 11 is 3.30. The molecule has 0 aliphatic carbocycles. The molecular formula is C15H9BrF3S+. The monoisotopic (exact) mass is 357 g/mol. The van der Waals surface area contributed by atoms with Crippen molar-refractivity contribution in [3.05, 3.63) is 59.1 Å². The summed E-state index contributed by atoms with van der Waals surface area (Å²) in [6, 6.07) is 15.3. The lowest BCUT2D eigenvalue weighted by Crippen LogP contribution is -1.96. The van der Waals surface area contributed by atoms with E-state index < -0.39 is 16.0 Å². The van der Waals surface area contributed by atoms with E-state index in [1.54, 1.807) is 54.6 Å². The van der Waals surface area contributed by atoms with Gasteiger partial charge in [0.2, 0.25) is 0 Å². The van der Waals surface area contributed by atoms with E-state index >= 15 is 0 Å². The molecule has 20 heavy (non-hydrogen) atoms. The van der Waals surface area contributed by atoms with Gasteiger partial charge in [-0.15, -0.1) is 13.2 Å². The Morgan fingerprint density at radius 2 is 1.55 bits per heavy atom. The van der Waals surface area contributed by atoms with Crippen molar-refractivity contribution in [1.82, 2.24) is 0 Å². The van der Waals surface area contributed by atoms with E-state index in [-0.39, 0.29) is 0 Å². The smallest absolute Gasteiger partial charge is 0.118 e. The number of rotatable bonds is 1. The Morgan fingerprint density at radius 1 is 0.900 bits per heavy atom. The highest BCUT2D eigenvalue weighted by molar-refractivity contribution is 9.10. The molecule has 0 amide bonds.